The van der Waals surface area contributed by atoms with Crippen LogP contribution in [0.4, 0.5) is 5.69 Å². The van der Waals surface area contributed by atoms with E-state index >= 15 is 0 Å². The van der Waals surface area contributed by atoms with Crippen LogP contribution in [0.1, 0.15) is 72.3 Å². The number of esters is 1. The molecular formula is C40H61N5O12. The first-order valence-corrected chi connectivity index (χ1v) is 19.6. The Labute approximate surface area is 335 Å². The predicted octanol–water partition coefficient (Wildman–Crippen LogP) is 2.03. The highest BCUT2D eigenvalue weighted by Gasteiger charge is 2.27. The maximum absolute atomic E-state index is 13.0. The Balaban J connectivity index is 1.44. The first-order valence-electron chi connectivity index (χ1n) is 19.6. The highest BCUT2D eigenvalue weighted by atomic mass is 16.6. The normalized spacial score (nSPS) is 13.5. The summed E-state index contributed by atoms with van der Waals surface area (Å²) < 4.78 is 27.1. The molecule has 1 aliphatic rings. The average molecular weight is 804 g/mol. The van der Waals surface area contributed by atoms with Crippen LogP contribution >= 0.6 is 0 Å². The number of nitrogens with one attached hydrogen (secondary N) is 4. The van der Waals surface area contributed by atoms with E-state index < -0.39 is 23.9 Å². The van der Waals surface area contributed by atoms with Gasteiger partial charge in [-0.25, -0.2) is 0 Å². The van der Waals surface area contributed by atoms with Crippen LogP contribution in [0.15, 0.2) is 36.4 Å². The number of rotatable bonds is 30. The lowest BCUT2D eigenvalue weighted by atomic mass is 10.0. The van der Waals surface area contributed by atoms with Crippen LogP contribution in [0.25, 0.3) is 0 Å². The fourth-order valence-corrected chi connectivity index (χ4v) is 5.07. The first kappa shape index (κ1) is 48.4. The van der Waals surface area contributed by atoms with E-state index in [0.717, 1.165) is 12.0 Å². The van der Waals surface area contributed by atoms with Gasteiger partial charge in [-0.05, 0) is 43.4 Å². The van der Waals surface area contributed by atoms with Gasteiger partial charge in [0, 0.05) is 43.8 Å². The Morgan fingerprint density at radius 2 is 1.23 bits per heavy atom. The Morgan fingerprint density at radius 3 is 1.81 bits per heavy atom. The molecule has 0 fully saturated rings. The lowest BCUT2D eigenvalue weighted by molar-refractivity contribution is -0.148. The van der Waals surface area contributed by atoms with Gasteiger partial charge in [-0.15, -0.1) is 0 Å². The molecule has 0 aliphatic carbocycles. The first-order chi connectivity index (χ1) is 27.3. The SMILES string of the molecule is CC(C)C(=O)OCc1ccc(NC(=O)[C@H](C)NC(=O)[C@@H](NC(=O)CCOCCOCCOCCOCCNC(=O)CCCCCN2C(=O)C=CC2=O)C(C)C)cc1. The second kappa shape index (κ2) is 27.8. The number of carbonyl (C=O) groups is 7. The molecule has 0 saturated heterocycles. The Morgan fingerprint density at radius 1 is 0.649 bits per heavy atom. The number of ether oxygens (including phenoxy) is 5. The zero-order valence-corrected chi connectivity index (χ0v) is 33.9. The minimum atomic E-state index is -0.876. The van der Waals surface area contributed by atoms with Gasteiger partial charge >= 0.3 is 5.97 Å². The molecule has 318 valence electrons. The smallest absolute Gasteiger partial charge is 0.308 e. The molecule has 0 radical (unpaired) electrons. The van der Waals surface area contributed by atoms with E-state index in [1.54, 1.807) is 58.9 Å². The summed E-state index contributed by atoms with van der Waals surface area (Å²) in [6, 6.07) is 5.10. The second-order valence-corrected chi connectivity index (χ2v) is 14.0. The summed E-state index contributed by atoms with van der Waals surface area (Å²) in [7, 11) is 0. The van der Waals surface area contributed by atoms with E-state index in [2.05, 4.69) is 21.3 Å². The Hall–Kier alpha value is -4.71. The fraction of sp³-hybridized carbons (Fsp3) is 0.625. The molecule has 1 aromatic rings. The third-order valence-corrected chi connectivity index (χ3v) is 8.44. The van der Waals surface area contributed by atoms with Crippen molar-refractivity contribution in [2.24, 2.45) is 11.8 Å². The van der Waals surface area contributed by atoms with Gasteiger partial charge in [-0.1, -0.05) is 46.2 Å². The van der Waals surface area contributed by atoms with Crippen molar-refractivity contribution in [3.8, 4) is 0 Å². The number of hydrogen-bond donors (Lipinski definition) is 4. The van der Waals surface area contributed by atoms with Crippen molar-refractivity contribution in [1.29, 1.82) is 0 Å². The topological polar surface area (TPSA) is 217 Å². The van der Waals surface area contributed by atoms with E-state index in [0.29, 0.717) is 77.7 Å². The van der Waals surface area contributed by atoms with Gasteiger partial charge in [0.15, 0.2) is 0 Å². The van der Waals surface area contributed by atoms with E-state index in [4.69, 9.17) is 23.7 Å². The van der Waals surface area contributed by atoms with Gasteiger partial charge in [0.05, 0.1) is 58.8 Å². The number of amides is 6. The van der Waals surface area contributed by atoms with Gasteiger partial charge in [-0.3, -0.25) is 38.5 Å². The summed E-state index contributed by atoms with van der Waals surface area (Å²) in [6.07, 6.45) is 5.00. The van der Waals surface area contributed by atoms with Crippen LogP contribution in [0.5, 0.6) is 0 Å². The van der Waals surface area contributed by atoms with Crippen LogP contribution in [0.2, 0.25) is 0 Å². The minimum absolute atomic E-state index is 0.0390. The molecule has 0 saturated carbocycles. The summed E-state index contributed by atoms with van der Waals surface area (Å²) in [5.74, 6) is -2.69. The maximum Gasteiger partial charge on any atom is 0.308 e. The van der Waals surface area contributed by atoms with Gasteiger partial charge in [0.2, 0.25) is 23.6 Å². The highest BCUT2D eigenvalue weighted by molar-refractivity contribution is 6.12. The number of unbranched alkanes of at least 4 members (excludes halogenated alkanes) is 2. The predicted molar refractivity (Wildman–Crippen MR) is 209 cm³/mol. The second-order valence-electron chi connectivity index (χ2n) is 14.0. The molecule has 1 aromatic carbocycles. The zero-order valence-electron chi connectivity index (χ0n) is 33.9. The van der Waals surface area contributed by atoms with Crippen LogP contribution in [-0.4, -0.2) is 124 Å². The minimum Gasteiger partial charge on any atom is -0.461 e. The molecular weight excluding hydrogens is 742 g/mol. The Kier molecular flexibility index (Phi) is 23.6. The quantitative estimate of drug-likeness (QED) is 0.0500. The number of nitrogens with zero attached hydrogens (tertiary/aromatic N) is 1. The highest BCUT2D eigenvalue weighted by Crippen LogP contribution is 2.13. The van der Waals surface area contributed by atoms with Gasteiger partial charge in [0.1, 0.15) is 18.7 Å². The van der Waals surface area contributed by atoms with Crippen LogP contribution < -0.4 is 21.3 Å². The van der Waals surface area contributed by atoms with Crippen molar-refractivity contribution in [2.75, 3.05) is 71.3 Å². The Bertz CT molecular complexity index is 1450. The van der Waals surface area contributed by atoms with Crippen LogP contribution in [-0.2, 0) is 63.9 Å². The lowest BCUT2D eigenvalue weighted by Crippen LogP contribution is -2.53. The summed E-state index contributed by atoms with van der Waals surface area (Å²) in [5.41, 5.74) is 1.28. The lowest BCUT2D eigenvalue weighted by Gasteiger charge is -2.24. The molecule has 1 aliphatic heterocycles. The molecule has 0 spiro atoms. The van der Waals surface area contributed by atoms with Crippen molar-refractivity contribution >= 4 is 47.1 Å². The molecule has 17 nitrogen and oxygen atoms in total. The molecule has 57 heavy (non-hydrogen) atoms. The zero-order chi connectivity index (χ0) is 42.0. The molecule has 17 heteroatoms. The third kappa shape index (κ3) is 20.9. The number of hydrogen-bond acceptors (Lipinski definition) is 12. The molecule has 0 aromatic heterocycles. The fourth-order valence-electron chi connectivity index (χ4n) is 5.07. The van der Waals surface area contributed by atoms with Crippen molar-refractivity contribution in [3.05, 3.63) is 42.0 Å². The summed E-state index contributed by atoms with van der Waals surface area (Å²) in [6.45, 7) is 12.1. The standard InChI is InChI=1S/C40H61N5O12/c1-28(2)37(39(51)42-30(5)38(50)43-32-12-10-31(11-13-32)27-57-40(52)29(3)4)44-34(47)16-19-53-21-23-55-25-26-56-24-22-54-20-17-41-33(46)9-7-6-8-18-45-35(48)14-15-36(45)49/h10-15,28-30,37H,6-9,16-27H2,1-5H3,(H,41,46)(H,42,51)(H,43,50)(H,44,47)/t30-,37-/m0/s1. The van der Waals surface area contributed by atoms with E-state index in [1.165, 1.54) is 17.1 Å². The largest absolute Gasteiger partial charge is 0.461 e. The summed E-state index contributed by atoms with van der Waals surface area (Å²) >= 11 is 0. The molecule has 1 heterocycles. The van der Waals surface area contributed by atoms with Gasteiger partial charge in [-0.2, -0.15) is 0 Å². The number of anilines is 1. The van der Waals surface area contributed by atoms with E-state index in [9.17, 15) is 33.6 Å². The molecule has 0 bridgehead atoms. The van der Waals surface area contributed by atoms with Crippen molar-refractivity contribution < 1.29 is 57.2 Å². The molecule has 0 unspecified atom stereocenters. The van der Waals surface area contributed by atoms with Gasteiger partial charge < -0.3 is 45.0 Å². The molecule has 2 rings (SSSR count). The molecule has 6 amide bonds. The maximum atomic E-state index is 13.0. The third-order valence-electron chi connectivity index (χ3n) is 8.44. The van der Waals surface area contributed by atoms with E-state index in [-0.39, 0.29) is 67.7 Å². The van der Waals surface area contributed by atoms with Crippen molar-refractivity contribution in [3.63, 3.8) is 0 Å². The molecule has 2 atom stereocenters. The van der Waals surface area contributed by atoms with Crippen LogP contribution in [0, 0.1) is 11.8 Å². The monoisotopic (exact) mass is 803 g/mol. The van der Waals surface area contributed by atoms with Crippen LogP contribution in [0.3, 0.4) is 0 Å². The number of benzene rings is 1. The average Bonchev–Trinajstić information content (AvgIpc) is 3.49. The van der Waals surface area contributed by atoms with Gasteiger partial charge in [0.25, 0.3) is 11.8 Å². The number of carbonyl (C=O) groups excluding carboxylic acids is 7. The number of imide groups is 1. The van der Waals surface area contributed by atoms with E-state index in [1.807, 2.05) is 0 Å². The summed E-state index contributed by atoms with van der Waals surface area (Å²) in [5, 5.41) is 10.9. The van der Waals surface area contributed by atoms with Crippen molar-refractivity contribution in [1.82, 2.24) is 20.9 Å². The van der Waals surface area contributed by atoms with Crippen molar-refractivity contribution in [2.45, 2.75) is 85.4 Å². The molecule has 4 N–H and O–H groups in total. The summed E-state index contributed by atoms with van der Waals surface area (Å²) in [4.78, 5) is 86.1.